The predicted octanol–water partition coefficient (Wildman–Crippen LogP) is -0.186. The minimum absolute atomic E-state index is 0.0603. The number of nitro groups is 1. The number of rotatable bonds is 4. The summed E-state index contributed by atoms with van der Waals surface area (Å²) in [7, 11) is 1.55. The molecule has 2 N–H and O–H groups in total. The third kappa shape index (κ3) is 2.91. The number of aryl methyl sites for hydroxylation is 1. The van der Waals surface area contributed by atoms with Gasteiger partial charge in [-0.3, -0.25) is 14.9 Å². The van der Waals surface area contributed by atoms with Gasteiger partial charge in [-0.2, -0.15) is 0 Å². The highest BCUT2D eigenvalue weighted by Gasteiger charge is 2.33. The summed E-state index contributed by atoms with van der Waals surface area (Å²) >= 11 is 0. The lowest BCUT2D eigenvalue weighted by Gasteiger charge is -2.20. The lowest BCUT2D eigenvalue weighted by Crippen LogP contribution is -2.43. The Kier molecular flexibility index (Phi) is 3.54. The summed E-state index contributed by atoms with van der Waals surface area (Å²) in [5.74, 6) is -0.462. The average molecular weight is 269 g/mol. The van der Waals surface area contributed by atoms with Crippen LogP contribution in [0.5, 0.6) is 0 Å². The molecule has 1 saturated heterocycles. The topological polar surface area (TPSA) is 107 Å². The van der Waals surface area contributed by atoms with Crippen molar-refractivity contribution in [1.82, 2.24) is 9.88 Å². The van der Waals surface area contributed by atoms with Gasteiger partial charge in [0, 0.05) is 32.7 Å². The molecule has 1 aromatic rings. The Hall–Kier alpha value is -1.93. The summed E-state index contributed by atoms with van der Waals surface area (Å²) in [6, 6.07) is 1.20. The smallest absolute Gasteiger partial charge is 0.287 e. The van der Waals surface area contributed by atoms with Crippen LogP contribution in [0, 0.1) is 10.1 Å². The second-order valence-electron chi connectivity index (χ2n) is 4.66. The summed E-state index contributed by atoms with van der Waals surface area (Å²) in [5, 5.41) is 23.2. The molecule has 1 unspecified atom stereocenters. The van der Waals surface area contributed by atoms with Crippen LogP contribution in [-0.4, -0.2) is 45.9 Å². The second kappa shape index (κ2) is 4.98. The van der Waals surface area contributed by atoms with Crippen molar-refractivity contribution >= 4 is 11.6 Å². The minimum Gasteiger partial charge on any atom is -0.386 e. The van der Waals surface area contributed by atoms with Gasteiger partial charge in [0.2, 0.25) is 0 Å². The summed E-state index contributed by atoms with van der Waals surface area (Å²) in [4.78, 5) is 21.9. The van der Waals surface area contributed by atoms with E-state index in [9.17, 15) is 20.0 Å². The fourth-order valence-electron chi connectivity index (χ4n) is 1.94. The number of hydrogen-bond donors (Lipinski definition) is 2. The molecule has 8 heteroatoms. The van der Waals surface area contributed by atoms with Crippen molar-refractivity contribution in [3.8, 4) is 0 Å². The molecule has 1 aliphatic heterocycles. The molecule has 19 heavy (non-hydrogen) atoms. The van der Waals surface area contributed by atoms with E-state index in [1.54, 1.807) is 7.05 Å². The average Bonchev–Trinajstić information content (AvgIpc) is 2.93. The Bertz CT molecular complexity index is 504. The first-order chi connectivity index (χ1) is 8.91. The number of carbonyl (C=O) groups is 1. The molecule has 104 valence electrons. The van der Waals surface area contributed by atoms with E-state index >= 15 is 0 Å². The number of carbonyl (C=O) groups excluding carboxylic acids is 1. The maximum atomic E-state index is 11.9. The van der Waals surface area contributed by atoms with Gasteiger partial charge >= 0.3 is 0 Å². The molecule has 1 amide bonds. The monoisotopic (exact) mass is 269 g/mol. The van der Waals surface area contributed by atoms with Gasteiger partial charge in [0.1, 0.15) is 11.3 Å². The van der Waals surface area contributed by atoms with Gasteiger partial charge in [0.05, 0.1) is 17.7 Å². The standard InChI is InChI=1S/C11H15N3O5/c1-13-5-8(14(17)18)4-9(13)10(15)12-6-11(16)2-3-19-7-11/h4-5,16H,2-3,6-7H2,1H3,(H,12,15). The molecular weight excluding hydrogens is 254 g/mol. The number of aliphatic hydroxyl groups is 1. The Morgan fingerprint density at radius 2 is 2.47 bits per heavy atom. The molecule has 1 atom stereocenters. The highest BCUT2D eigenvalue weighted by atomic mass is 16.6. The zero-order valence-corrected chi connectivity index (χ0v) is 10.5. The fraction of sp³-hybridized carbons (Fsp3) is 0.545. The summed E-state index contributed by atoms with van der Waals surface area (Å²) < 4.78 is 6.44. The van der Waals surface area contributed by atoms with E-state index in [1.165, 1.54) is 16.8 Å². The summed E-state index contributed by atoms with van der Waals surface area (Å²) in [6.07, 6.45) is 1.73. The first-order valence-electron chi connectivity index (χ1n) is 5.80. The number of ether oxygens (including phenoxy) is 1. The molecule has 0 bridgehead atoms. The largest absolute Gasteiger partial charge is 0.386 e. The Morgan fingerprint density at radius 3 is 3.00 bits per heavy atom. The number of aromatic nitrogens is 1. The van der Waals surface area contributed by atoms with Gasteiger partial charge in [0.15, 0.2) is 0 Å². The van der Waals surface area contributed by atoms with Crippen LogP contribution in [0.3, 0.4) is 0 Å². The van der Waals surface area contributed by atoms with Crippen molar-refractivity contribution in [3.05, 3.63) is 28.1 Å². The SMILES string of the molecule is Cn1cc([N+](=O)[O-])cc1C(=O)NCC1(O)CCOC1. The van der Waals surface area contributed by atoms with Crippen LogP contribution in [0.15, 0.2) is 12.3 Å². The Morgan fingerprint density at radius 1 is 1.74 bits per heavy atom. The van der Waals surface area contributed by atoms with Crippen LogP contribution in [-0.2, 0) is 11.8 Å². The van der Waals surface area contributed by atoms with E-state index in [1.807, 2.05) is 0 Å². The maximum Gasteiger partial charge on any atom is 0.287 e. The summed E-state index contributed by atoms with van der Waals surface area (Å²) in [5.41, 5.74) is -1.02. The molecule has 0 spiro atoms. The van der Waals surface area contributed by atoms with Gasteiger partial charge in [-0.25, -0.2) is 0 Å². The number of hydrogen-bond acceptors (Lipinski definition) is 5. The van der Waals surface area contributed by atoms with Gasteiger partial charge in [-0.05, 0) is 0 Å². The minimum atomic E-state index is -1.05. The highest BCUT2D eigenvalue weighted by molar-refractivity contribution is 5.93. The molecule has 1 fully saturated rings. The van der Waals surface area contributed by atoms with Gasteiger partial charge < -0.3 is 19.7 Å². The van der Waals surface area contributed by atoms with Gasteiger partial charge in [0.25, 0.3) is 11.6 Å². The van der Waals surface area contributed by atoms with Crippen LogP contribution in [0.25, 0.3) is 0 Å². The number of amides is 1. The molecular formula is C11H15N3O5. The van der Waals surface area contributed by atoms with Crippen molar-refractivity contribution in [2.24, 2.45) is 7.05 Å². The lowest BCUT2D eigenvalue weighted by molar-refractivity contribution is -0.384. The molecule has 1 aliphatic rings. The Labute approximate surface area is 109 Å². The zero-order chi connectivity index (χ0) is 14.0. The normalized spacial score (nSPS) is 22.4. The Balaban J connectivity index is 2.01. The molecule has 8 nitrogen and oxygen atoms in total. The molecule has 0 aliphatic carbocycles. The summed E-state index contributed by atoms with van der Waals surface area (Å²) in [6.45, 7) is 0.702. The van der Waals surface area contributed by atoms with Crippen LogP contribution in [0.1, 0.15) is 16.9 Å². The number of nitrogens with one attached hydrogen (secondary N) is 1. The van der Waals surface area contributed by atoms with E-state index in [4.69, 9.17) is 4.74 Å². The lowest BCUT2D eigenvalue weighted by atomic mass is 10.0. The van der Waals surface area contributed by atoms with E-state index in [0.29, 0.717) is 13.0 Å². The highest BCUT2D eigenvalue weighted by Crippen LogP contribution is 2.18. The molecule has 1 aromatic heterocycles. The molecule has 2 rings (SSSR count). The van der Waals surface area contributed by atoms with E-state index in [0.717, 1.165) is 0 Å². The van der Waals surface area contributed by atoms with Gasteiger partial charge in [-0.15, -0.1) is 0 Å². The molecule has 2 heterocycles. The second-order valence-corrected chi connectivity index (χ2v) is 4.66. The van der Waals surface area contributed by atoms with Crippen molar-refractivity contribution in [3.63, 3.8) is 0 Å². The zero-order valence-electron chi connectivity index (χ0n) is 10.5. The predicted molar refractivity (Wildman–Crippen MR) is 64.8 cm³/mol. The fourth-order valence-corrected chi connectivity index (χ4v) is 1.94. The van der Waals surface area contributed by atoms with Gasteiger partial charge in [-0.1, -0.05) is 0 Å². The van der Waals surface area contributed by atoms with Crippen molar-refractivity contribution < 1.29 is 19.6 Å². The van der Waals surface area contributed by atoms with Crippen LogP contribution in [0.2, 0.25) is 0 Å². The van der Waals surface area contributed by atoms with Crippen LogP contribution in [0.4, 0.5) is 5.69 Å². The number of nitrogens with zero attached hydrogens (tertiary/aromatic N) is 2. The first-order valence-corrected chi connectivity index (χ1v) is 5.80. The molecule has 0 aromatic carbocycles. The van der Waals surface area contributed by atoms with Crippen molar-refractivity contribution in [2.75, 3.05) is 19.8 Å². The third-order valence-corrected chi connectivity index (χ3v) is 3.09. The van der Waals surface area contributed by atoms with E-state index < -0.39 is 16.4 Å². The molecule has 0 radical (unpaired) electrons. The third-order valence-electron chi connectivity index (χ3n) is 3.09. The quantitative estimate of drug-likeness (QED) is 0.582. The van der Waals surface area contributed by atoms with E-state index in [-0.39, 0.29) is 24.5 Å². The van der Waals surface area contributed by atoms with Crippen molar-refractivity contribution in [1.29, 1.82) is 0 Å². The van der Waals surface area contributed by atoms with Crippen molar-refractivity contribution in [2.45, 2.75) is 12.0 Å². The molecule has 0 saturated carbocycles. The first kappa shape index (κ1) is 13.5. The maximum absolute atomic E-state index is 11.9. The van der Waals surface area contributed by atoms with Crippen LogP contribution < -0.4 is 5.32 Å². The van der Waals surface area contributed by atoms with E-state index in [2.05, 4.69) is 5.32 Å². The van der Waals surface area contributed by atoms with Crippen LogP contribution >= 0.6 is 0 Å².